The van der Waals surface area contributed by atoms with Gasteiger partial charge in [0, 0.05) is 18.8 Å². The molecule has 1 aromatic rings. The average molecular weight is 236 g/mol. The Hall–Kier alpha value is -1.85. The monoisotopic (exact) mass is 236 g/mol. The molecule has 2 heterocycles. The fourth-order valence-corrected chi connectivity index (χ4v) is 1.85. The summed E-state index contributed by atoms with van der Waals surface area (Å²) in [6.07, 6.45) is 0. The standard InChI is InChI=1S/C11H16N4O2/c1-7-5-8(13-14(7)4)15-6-9(16)12-11(2,3)10(15)17/h5H,6H2,1-4H3,(H,12,16). The summed E-state index contributed by atoms with van der Waals surface area (Å²) in [6, 6.07) is 1.80. The van der Waals surface area contributed by atoms with E-state index in [0.717, 1.165) is 5.69 Å². The van der Waals surface area contributed by atoms with Crippen LogP contribution in [0.2, 0.25) is 0 Å². The highest BCUT2D eigenvalue weighted by Gasteiger charge is 2.40. The van der Waals surface area contributed by atoms with E-state index in [1.54, 1.807) is 31.6 Å². The van der Waals surface area contributed by atoms with Gasteiger partial charge in [-0.2, -0.15) is 5.10 Å². The predicted octanol–water partition coefficient (Wildman–Crippen LogP) is -0.0301. The third-order valence-corrected chi connectivity index (χ3v) is 2.91. The molecular formula is C11H16N4O2. The number of carbonyl (C=O) groups excluding carboxylic acids is 2. The highest BCUT2D eigenvalue weighted by atomic mass is 16.2. The number of piperazine rings is 1. The zero-order valence-electron chi connectivity index (χ0n) is 10.4. The van der Waals surface area contributed by atoms with Crippen LogP contribution in [-0.2, 0) is 16.6 Å². The lowest BCUT2D eigenvalue weighted by Crippen LogP contribution is -2.64. The van der Waals surface area contributed by atoms with Crippen LogP contribution in [0.25, 0.3) is 0 Å². The molecular weight excluding hydrogens is 220 g/mol. The van der Waals surface area contributed by atoms with Crippen molar-refractivity contribution in [3.8, 4) is 0 Å². The first kappa shape index (κ1) is 11.6. The second kappa shape index (κ2) is 3.58. The molecule has 17 heavy (non-hydrogen) atoms. The second-order valence-electron chi connectivity index (χ2n) is 4.83. The Kier molecular flexibility index (Phi) is 2.45. The number of aromatic nitrogens is 2. The molecule has 6 nitrogen and oxygen atoms in total. The third-order valence-electron chi connectivity index (χ3n) is 2.91. The normalized spacial score (nSPS) is 19.4. The van der Waals surface area contributed by atoms with Crippen molar-refractivity contribution in [3.63, 3.8) is 0 Å². The summed E-state index contributed by atoms with van der Waals surface area (Å²) >= 11 is 0. The maximum Gasteiger partial charge on any atom is 0.253 e. The lowest BCUT2D eigenvalue weighted by molar-refractivity contribution is -0.134. The molecule has 1 saturated heterocycles. The van der Waals surface area contributed by atoms with Gasteiger partial charge >= 0.3 is 0 Å². The number of rotatable bonds is 1. The number of anilines is 1. The molecule has 2 amide bonds. The van der Waals surface area contributed by atoms with E-state index in [4.69, 9.17) is 0 Å². The minimum atomic E-state index is -0.874. The maximum absolute atomic E-state index is 12.2. The van der Waals surface area contributed by atoms with Crippen LogP contribution < -0.4 is 10.2 Å². The minimum Gasteiger partial charge on any atom is -0.341 e. The molecule has 92 valence electrons. The molecule has 1 aliphatic rings. The largest absolute Gasteiger partial charge is 0.341 e. The highest BCUT2D eigenvalue weighted by molar-refractivity contribution is 6.08. The Morgan fingerprint density at radius 1 is 1.41 bits per heavy atom. The van der Waals surface area contributed by atoms with E-state index in [9.17, 15) is 9.59 Å². The van der Waals surface area contributed by atoms with Gasteiger partial charge in [-0.05, 0) is 20.8 Å². The molecule has 0 saturated carbocycles. The van der Waals surface area contributed by atoms with Crippen LogP contribution in [0, 0.1) is 6.92 Å². The number of nitrogens with one attached hydrogen (secondary N) is 1. The van der Waals surface area contributed by atoms with E-state index in [-0.39, 0.29) is 18.4 Å². The summed E-state index contributed by atoms with van der Waals surface area (Å²) in [5.74, 6) is 0.214. The van der Waals surface area contributed by atoms with Gasteiger partial charge in [0.15, 0.2) is 5.82 Å². The number of carbonyl (C=O) groups is 2. The molecule has 0 aromatic carbocycles. The maximum atomic E-state index is 12.2. The smallest absolute Gasteiger partial charge is 0.253 e. The van der Waals surface area contributed by atoms with Gasteiger partial charge < -0.3 is 5.32 Å². The van der Waals surface area contributed by atoms with Gasteiger partial charge in [0.1, 0.15) is 12.1 Å². The van der Waals surface area contributed by atoms with E-state index in [2.05, 4.69) is 10.4 Å². The fourth-order valence-electron chi connectivity index (χ4n) is 1.85. The summed E-state index contributed by atoms with van der Waals surface area (Å²) in [7, 11) is 1.80. The summed E-state index contributed by atoms with van der Waals surface area (Å²) in [5, 5.41) is 6.89. The van der Waals surface area contributed by atoms with Crippen molar-refractivity contribution in [1.29, 1.82) is 0 Å². The van der Waals surface area contributed by atoms with Crippen molar-refractivity contribution in [2.24, 2.45) is 7.05 Å². The molecule has 6 heteroatoms. The van der Waals surface area contributed by atoms with Crippen molar-refractivity contribution in [3.05, 3.63) is 11.8 Å². The lowest BCUT2D eigenvalue weighted by atomic mass is 10.0. The SMILES string of the molecule is Cc1cc(N2CC(=O)NC(C)(C)C2=O)nn1C. The third kappa shape index (κ3) is 1.90. The Labute approximate surface area is 99.6 Å². The molecule has 0 spiro atoms. The van der Waals surface area contributed by atoms with Crippen LogP contribution in [0.3, 0.4) is 0 Å². The summed E-state index contributed by atoms with van der Waals surface area (Å²) in [5.41, 5.74) is 0.0670. The molecule has 2 rings (SSSR count). The van der Waals surface area contributed by atoms with E-state index in [1.807, 2.05) is 6.92 Å². The first-order chi connectivity index (χ1) is 7.81. The molecule has 0 radical (unpaired) electrons. The van der Waals surface area contributed by atoms with Gasteiger partial charge in [-0.25, -0.2) is 0 Å². The van der Waals surface area contributed by atoms with Crippen LogP contribution in [0.15, 0.2) is 6.07 Å². The number of amides is 2. The van der Waals surface area contributed by atoms with Crippen LogP contribution in [0.5, 0.6) is 0 Å². The van der Waals surface area contributed by atoms with E-state index in [1.165, 1.54) is 4.90 Å². The van der Waals surface area contributed by atoms with E-state index >= 15 is 0 Å². The number of hydrogen-bond acceptors (Lipinski definition) is 3. The average Bonchev–Trinajstić information content (AvgIpc) is 2.52. The molecule has 1 aromatic heterocycles. The molecule has 1 fully saturated rings. The van der Waals surface area contributed by atoms with E-state index in [0.29, 0.717) is 5.82 Å². The number of hydrogen-bond donors (Lipinski definition) is 1. The molecule has 0 unspecified atom stereocenters. The van der Waals surface area contributed by atoms with Gasteiger partial charge in [0.05, 0.1) is 0 Å². The Bertz CT molecular complexity index is 470. The van der Waals surface area contributed by atoms with E-state index < -0.39 is 5.54 Å². The molecule has 0 bridgehead atoms. The lowest BCUT2D eigenvalue weighted by Gasteiger charge is -2.36. The minimum absolute atomic E-state index is 0.0265. The van der Waals surface area contributed by atoms with Gasteiger partial charge in [-0.15, -0.1) is 0 Å². The first-order valence-corrected chi connectivity index (χ1v) is 5.45. The molecule has 1 N–H and O–H groups in total. The predicted molar refractivity (Wildman–Crippen MR) is 62.5 cm³/mol. The Morgan fingerprint density at radius 3 is 2.59 bits per heavy atom. The van der Waals surface area contributed by atoms with Crippen LogP contribution in [-0.4, -0.2) is 33.7 Å². The van der Waals surface area contributed by atoms with Gasteiger partial charge in [0.25, 0.3) is 5.91 Å². The van der Waals surface area contributed by atoms with Crippen LogP contribution >= 0.6 is 0 Å². The molecule has 1 aliphatic heterocycles. The Balaban J connectivity index is 2.37. The van der Waals surface area contributed by atoms with Crippen molar-refractivity contribution in [2.75, 3.05) is 11.4 Å². The quantitative estimate of drug-likeness (QED) is 0.744. The molecule has 0 aliphatic carbocycles. The highest BCUT2D eigenvalue weighted by Crippen LogP contribution is 2.20. The topological polar surface area (TPSA) is 67.2 Å². The first-order valence-electron chi connectivity index (χ1n) is 5.45. The van der Waals surface area contributed by atoms with Gasteiger partial charge in [-0.1, -0.05) is 0 Å². The zero-order valence-corrected chi connectivity index (χ0v) is 10.4. The van der Waals surface area contributed by atoms with Crippen molar-refractivity contribution < 1.29 is 9.59 Å². The molecule has 0 atom stereocenters. The van der Waals surface area contributed by atoms with Crippen molar-refractivity contribution in [1.82, 2.24) is 15.1 Å². The van der Waals surface area contributed by atoms with Crippen molar-refractivity contribution >= 4 is 17.6 Å². The summed E-state index contributed by atoms with van der Waals surface area (Å²) < 4.78 is 1.68. The van der Waals surface area contributed by atoms with Gasteiger partial charge in [0.2, 0.25) is 5.91 Å². The van der Waals surface area contributed by atoms with Crippen molar-refractivity contribution in [2.45, 2.75) is 26.3 Å². The van der Waals surface area contributed by atoms with Gasteiger partial charge in [-0.3, -0.25) is 19.2 Å². The summed E-state index contributed by atoms with van der Waals surface area (Å²) in [4.78, 5) is 25.2. The second-order valence-corrected chi connectivity index (χ2v) is 4.83. The van der Waals surface area contributed by atoms with Crippen LogP contribution in [0.4, 0.5) is 5.82 Å². The zero-order chi connectivity index (χ0) is 12.8. The number of nitrogens with zero attached hydrogens (tertiary/aromatic N) is 3. The Morgan fingerprint density at radius 2 is 2.06 bits per heavy atom. The summed E-state index contributed by atoms with van der Waals surface area (Å²) in [6.45, 7) is 5.30. The number of aryl methyl sites for hydroxylation is 2. The fraction of sp³-hybridized carbons (Fsp3) is 0.545. The van der Waals surface area contributed by atoms with Crippen LogP contribution in [0.1, 0.15) is 19.5 Å².